The van der Waals surface area contributed by atoms with Crippen molar-refractivity contribution in [3.63, 3.8) is 0 Å². The van der Waals surface area contributed by atoms with Gasteiger partial charge in [0, 0.05) is 13.0 Å². The highest BCUT2D eigenvalue weighted by Crippen LogP contribution is 2.27. The number of hydrogen-bond donors (Lipinski definition) is 2. The van der Waals surface area contributed by atoms with Crippen molar-refractivity contribution in [3.05, 3.63) is 29.8 Å². The lowest BCUT2D eigenvalue weighted by atomic mass is 10.0. The van der Waals surface area contributed by atoms with E-state index in [0.717, 1.165) is 17.0 Å². The van der Waals surface area contributed by atoms with Crippen LogP contribution in [0.5, 0.6) is 0 Å². The molecule has 2 rings (SSSR count). The van der Waals surface area contributed by atoms with E-state index >= 15 is 0 Å². The molecule has 22 heavy (non-hydrogen) atoms. The van der Waals surface area contributed by atoms with Crippen molar-refractivity contribution in [3.8, 4) is 0 Å². The molecule has 1 unspecified atom stereocenters. The summed E-state index contributed by atoms with van der Waals surface area (Å²) in [7, 11) is 0. The Balaban J connectivity index is 2.10. The third kappa shape index (κ3) is 3.24. The Labute approximate surface area is 127 Å². The smallest absolute Gasteiger partial charge is 0.237 e. The molecule has 1 fully saturated rings. The second-order valence-electron chi connectivity index (χ2n) is 5.75. The first-order chi connectivity index (χ1) is 10.3. The molecule has 7 heteroatoms. The number of nitrogens with zero attached hydrogens (tertiary/aromatic N) is 1. The van der Waals surface area contributed by atoms with Crippen LogP contribution in [0.3, 0.4) is 0 Å². The van der Waals surface area contributed by atoms with Crippen LogP contribution >= 0.6 is 0 Å². The molecular weight excluding hydrogens is 292 g/mol. The van der Waals surface area contributed by atoms with Crippen LogP contribution in [0.15, 0.2) is 18.2 Å². The van der Waals surface area contributed by atoms with Crippen LogP contribution in [0.4, 0.5) is 14.5 Å². The minimum atomic E-state index is -0.806. The summed E-state index contributed by atoms with van der Waals surface area (Å²) in [6.45, 7) is 3.64. The van der Waals surface area contributed by atoms with E-state index in [4.69, 9.17) is 5.73 Å². The Morgan fingerprint density at radius 2 is 1.95 bits per heavy atom. The Bertz CT molecular complexity index is 572. The monoisotopic (exact) mass is 311 g/mol. The maximum atomic E-state index is 13.8. The molecule has 1 aliphatic heterocycles. The number of nitrogens with two attached hydrogens (primary N) is 1. The minimum absolute atomic E-state index is 0.00959. The second-order valence-corrected chi connectivity index (χ2v) is 5.75. The van der Waals surface area contributed by atoms with E-state index in [1.807, 2.05) is 13.8 Å². The highest BCUT2D eigenvalue weighted by atomic mass is 19.1. The Kier molecular flexibility index (Phi) is 4.75. The van der Waals surface area contributed by atoms with Crippen molar-refractivity contribution in [2.24, 2.45) is 11.7 Å². The molecule has 1 saturated heterocycles. The van der Waals surface area contributed by atoms with E-state index in [1.54, 1.807) is 0 Å². The maximum Gasteiger partial charge on any atom is 0.237 e. The summed E-state index contributed by atoms with van der Waals surface area (Å²) < 4.78 is 27.5. The van der Waals surface area contributed by atoms with Crippen LogP contribution in [0.2, 0.25) is 0 Å². The zero-order valence-electron chi connectivity index (χ0n) is 12.5. The van der Waals surface area contributed by atoms with Crippen molar-refractivity contribution in [2.45, 2.75) is 32.4 Å². The van der Waals surface area contributed by atoms with Crippen LogP contribution in [-0.4, -0.2) is 30.4 Å². The lowest BCUT2D eigenvalue weighted by Gasteiger charge is -2.20. The van der Waals surface area contributed by atoms with Gasteiger partial charge in [-0.05, 0) is 18.1 Å². The Morgan fingerprint density at radius 1 is 1.36 bits per heavy atom. The molecule has 1 aliphatic rings. The number of benzene rings is 1. The van der Waals surface area contributed by atoms with E-state index in [0.29, 0.717) is 0 Å². The average Bonchev–Trinajstić information content (AvgIpc) is 2.78. The number of hydrogen-bond acceptors (Lipinski definition) is 3. The van der Waals surface area contributed by atoms with Crippen LogP contribution in [0, 0.1) is 17.6 Å². The second kappa shape index (κ2) is 6.39. The van der Waals surface area contributed by atoms with E-state index < -0.39 is 29.6 Å². The van der Waals surface area contributed by atoms with Gasteiger partial charge in [-0.2, -0.15) is 0 Å². The highest BCUT2D eigenvalue weighted by molar-refractivity contribution is 5.97. The molecular formula is C15H19F2N3O2. The summed E-state index contributed by atoms with van der Waals surface area (Å²) in [5.41, 5.74) is 5.36. The van der Waals surface area contributed by atoms with Gasteiger partial charge in [0.25, 0.3) is 0 Å². The molecule has 0 saturated carbocycles. The van der Waals surface area contributed by atoms with Crippen molar-refractivity contribution < 1.29 is 18.4 Å². The molecule has 5 nitrogen and oxygen atoms in total. The molecule has 1 aromatic rings. The molecule has 3 N–H and O–H groups in total. The van der Waals surface area contributed by atoms with Crippen LogP contribution < -0.4 is 16.0 Å². The van der Waals surface area contributed by atoms with Crippen LogP contribution in [-0.2, 0) is 9.59 Å². The number of para-hydroxylation sites is 1. The fourth-order valence-corrected chi connectivity index (χ4v) is 2.37. The fourth-order valence-electron chi connectivity index (χ4n) is 2.37. The SMILES string of the molecule is CC(C)[C@H](N)C(=O)NC1CC(=O)N(c2c(F)cccc2F)C1. The van der Waals surface area contributed by atoms with Gasteiger partial charge in [-0.1, -0.05) is 19.9 Å². The molecule has 0 aliphatic carbocycles. The van der Waals surface area contributed by atoms with Gasteiger partial charge in [0.1, 0.15) is 17.3 Å². The normalized spacial score (nSPS) is 19.6. The Morgan fingerprint density at radius 3 is 2.50 bits per heavy atom. The lowest BCUT2D eigenvalue weighted by Crippen LogP contribution is -2.48. The van der Waals surface area contributed by atoms with Crippen LogP contribution in [0.1, 0.15) is 20.3 Å². The molecule has 1 aromatic carbocycles. The maximum absolute atomic E-state index is 13.8. The zero-order chi connectivity index (χ0) is 16.4. The van der Waals surface area contributed by atoms with Gasteiger partial charge in [-0.25, -0.2) is 8.78 Å². The van der Waals surface area contributed by atoms with Crippen molar-refractivity contribution in [1.29, 1.82) is 0 Å². The standard InChI is InChI=1S/C15H19F2N3O2/c1-8(2)13(18)15(22)19-9-6-12(21)20(7-9)14-10(16)4-3-5-11(14)17/h3-5,8-9,13H,6-7,18H2,1-2H3,(H,19,22)/t9?,13-/m0/s1. The number of amides is 2. The summed E-state index contributed by atoms with van der Waals surface area (Å²) in [4.78, 5) is 24.9. The van der Waals surface area contributed by atoms with Gasteiger partial charge in [-0.15, -0.1) is 0 Å². The summed E-state index contributed by atoms with van der Waals surface area (Å²) in [5, 5.41) is 2.66. The predicted molar refractivity (Wildman–Crippen MR) is 78.1 cm³/mol. The molecule has 2 amide bonds. The van der Waals surface area contributed by atoms with Crippen molar-refractivity contribution in [2.75, 3.05) is 11.4 Å². The number of carbonyl (C=O) groups is 2. The quantitative estimate of drug-likeness (QED) is 0.876. The molecule has 1 heterocycles. The third-order valence-electron chi connectivity index (χ3n) is 3.70. The summed E-state index contributed by atoms with van der Waals surface area (Å²) in [5.74, 6) is -2.47. The number of halogens is 2. The summed E-state index contributed by atoms with van der Waals surface area (Å²) >= 11 is 0. The van der Waals surface area contributed by atoms with Gasteiger partial charge >= 0.3 is 0 Å². The molecule has 0 bridgehead atoms. The molecule has 0 aromatic heterocycles. The summed E-state index contributed by atoms with van der Waals surface area (Å²) in [6, 6.07) is 2.21. The number of nitrogens with one attached hydrogen (secondary N) is 1. The van der Waals surface area contributed by atoms with Crippen molar-refractivity contribution >= 4 is 17.5 Å². The van der Waals surface area contributed by atoms with Crippen LogP contribution in [0.25, 0.3) is 0 Å². The first-order valence-corrected chi connectivity index (χ1v) is 7.11. The molecule has 0 spiro atoms. The van der Waals surface area contributed by atoms with Gasteiger partial charge in [0.2, 0.25) is 11.8 Å². The van der Waals surface area contributed by atoms with Gasteiger partial charge < -0.3 is 16.0 Å². The minimum Gasteiger partial charge on any atom is -0.350 e. The van der Waals surface area contributed by atoms with Gasteiger partial charge in [0.05, 0.1) is 12.1 Å². The summed E-state index contributed by atoms with van der Waals surface area (Å²) in [6.07, 6.45) is -0.00959. The Hall–Kier alpha value is -2.02. The number of carbonyl (C=O) groups excluding carboxylic acids is 2. The van der Waals surface area contributed by atoms with Crippen molar-refractivity contribution in [1.82, 2.24) is 5.32 Å². The molecule has 2 atom stereocenters. The van der Waals surface area contributed by atoms with Gasteiger partial charge in [-0.3, -0.25) is 9.59 Å². The predicted octanol–water partition coefficient (Wildman–Crippen LogP) is 1.17. The third-order valence-corrected chi connectivity index (χ3v) is 3.70. The first kappa shape index (κ1) is 16.4. The average molecular weight is 311 g/mol. The number of rotatable bonds is 4. The lowest BCUT2D eigenvalue weighted by molar-refractivity contribution is -0.123. The van der Waals surface area contributed by atoms with Gasteiger partial charge in [0.15, 0.2) is 0 Å². The van der Waals surface area contributed by atoms with E-state index in [-0.39, 0.29) is 30.5 Å². The number of anilines is 1. The molecule has 0 radical (unpaired) electrons. The van der Waals surface area contributed by atoms with E-state index in [2.05, 4.69) is 5.32 Å². The highest BCUT2D eigenvalue weighted by Gasteiger charge is 2.35. The van der Waals surface area contributed by atoms with E-state index in [1.165, 1.54) is 6.07 Å². The largest absolute Gasteiger partial charge is 0.350 e. The fraction of sp³-hybridized carbons (Fsp3) is 0.467. The van der Waals surface area contributed by atoms with E-state index in [9.17, 15) is 18.4 Å². The topological polar surface area (TPSA) is 75.4 Å². The first-order valence-electron chi connectivity index (χ1n) is 7.11. The zero-order valence-corrected chi connectivity index (χ0v) is 12.5. The molecule has 120 valence electrons.